The number of benzene rings is 2. The van der Waals surface area contributed by atoms with Gasteiger partial charge < -0.3 is 20.3 Å². The van der Waals surface area contributed by atoms with Crippen molar-refractivity contribution in [2.45, 2.75) is 12.7 Å². The van der Waals surface area contributed by atoms with Crippen molar-refractivity contribution in [3.05, 3.63) is 81.5 Å². The first-order valence-electron chi connectivity index (χ1n) is 10.6. The van der Waals surface area contributed by atoms with E-state index >= 15 is 0 Å². The number of carbonyl (C=O) groups excluding carboxylic acids is 2. The number of halogens is 3. The zero-order valence-corrected chi connectivity index (χ0v) is 18.8. The highest BCUT2D eigenvalue weighted by Gasteiger charge is 2.34. The Kier molecular flexibility index (Phi) is 7.18. The summed E-state index contributed by atoms with van der Waals surface area (Å²) in [5, 5.41) is 7.04. The Morgan fingerprint density at radius 3 is 2.50 bits per heavy atom. The number of carbonyl (C=O) groups is 2. The first-order valence-corrected chi connectivity index (χ1v) is 11.4. The van der Waals surface area contributed by atoms with Crippen LogP contribution in [0.5, 0.6) is 0 Å². The highest BCUT2D eigenvalue weighted by molar-refractivity contribution is 7.12. The Balaban J connectivity index is 1.45. The Morgan fingerprint density at radius 2 is 1.79 bits per heavy atom. The van der Waals surface area contributed by atoms with E-state index in [1.165, 1.54) is 29.5 Å². The number of ether oxygens (including phenoxy) is 1. The molecule has 6 nitrogen and oxygen atoms in total. The van der Waals surface area contributed by atoms with Gasteiger partial charge in [0, 0.05) is 36.6 Å². The molecule has 2 amide bonds. The van der Waals surface area contributed by atoms with E-state index in [4.69, 9.17) is 4.74 Å². The van der Waals surface area contributed by atoms with Crippen LogP contribution in [0.2, 0.25) is 0 Å². The number of thiophene rings is 1. The highest BCUT2D eigenvalue weighted by Crippen LogP contribution is 2.35. The normalized spacial score (nSPS) is 14.0. The number of alkyl halides is 3. The molecule has 1 fully saturated rings. The van der Waals surface area contributed by atoms with Gasteiger partial charge in [-0.15, -0.1) is 11.3 Å². The predicted octanol–water partition coefficient (Wildman–Crippen LogP) is 4.79. The zero-order valence-electron chi connectivity index (χ0n) is 18.0. The molecule has 0 saturated carbocycles. The minimum Gasteiger partial charge on any atom is -0.378 e. The highest BCUT2D eigenvalue weighted by atomic mass is 32.1. The van der Waals surface area contributed by atoms with Crippen LogP contribution in [-0.4, -0.2) is 38.1 Å². The lowest BCUT2D eigenvalue weighted by Crippen LogP contribution is -2.36. The van der Waals surface area contributed by atoms with Gasteiger partial charge in [0.15, 0.2) is 0 Å². The molecule has 1 saturated heterocycles. The van der Waals surface area contributed by atoms with Crippen LogP contribution in [0.1, 0.15) is 31.2 Å². The molecule has 2 heterocycles. The van der Waals surface area contributed by atoms with Crippen molar-refractivity contribution in [2.75, 3.05) is 36.5 Å². The van der Waals surface area contributed by atoms with Gasteiger partial charge in [-0.25, -0.2) is 0 Å². The van der Waals surface area contributed by atoms with Crippen molar-refractivity contribution in [3.63, 3.8) is 0 Å². The molecule has 0 aliphatic carbocycles. The average molecular weight is 490 g/mol. The maximum atomic E-state index is 13.7. The largest absolute Gasteiger partial charge is 0.416 e. The van der Waals surface area contributed by atoms with E-state index < -0.39 is 17.6 Å². The van der Waals surface area contributed by atoms with Crippen molar-refractivity contribution in [1.29, 1.82) is 0 Å². The van der Waals surface area contributed by atoms with Crippen LogP contribution in [0, 0.1) is 0 Å². The minimum absolute atomic E-state index is 0.0278. The first-order chi connectivity index (χ1) is 16.3. The van der Waals surface area contributed by atoms with Crippen molar-refractivity contribution in [1.82, 2.24) is 5.32 Å². The second-order valence-corrected chi connectivity index (χ2v) is 8.58. The fourth-order valence-corrected chi connectivity index (χ4v) is 4.24. The number of nitrogens with one attached hydrogen (secondary N) is 2. The van der Waals surface area contributed by atoms with Crippen molar-refractivity contribution < 1.29 is 27.5 Å². The quantitative estimate of drug-likeness (QED) is 0.523. The van der Waals surface area contributed by atoms with E-state index in [0.29, 0.717) is 42.6 Å². The van der Waals surface area contributed by atoms with Gasteiger partial charge in [-0.3, -0.25) is 9.59 Å². The summed E-state index contributed by atoms with van der Waals surface area (Å²) < 4.78 is 46.5. The minimum atomic E-state index is -4.56. The molecular weight excluding hydrogens is 467 g/mol. The second kappa shape index (κ2) is 10.3. The van der Waals surface area contributed by atoms with Gasteiger partial charge in [-0.1, -0.05) is 18.2 Å². The third-order valence-electron chi connectivity index (χ3n) is 5.34. The van der Waals surface area contributed by atoms with Crippen LogP contribution in [0.4, 0.5) is 24.5 Å². The summed E-state index contributed by atoms with van der Waals surface area (Å²) in [7, 11) is 0. The molecule has 0 bridgehead atoms. The van der Waals surface area contributed by atoms with Crippen LogP contribution < -0.4 is 15.5 Å². The molecule has 178 valence electrons. The molecule has 0 atom stereocenters. The number of anilines is 2. The Hall–Kier alpha value is -3.37. The fourth-order valence-electron chi connectivity index (χ4n) is 3.62. The standard InChI is InChI=1S/C24H22F3N3O3S/c25-24(26,27)20-14-19(30-8-10-33-11-9-30)7-6-17(20)15-28-22(31)16-3-1-4-18(13-16)29-23(32)21-5-2-12-34-21/h1-7,12-14H,8-11,15H2,(H,28,31)(H,29,32). The van der Waals surface area contributed by atoms with E-state index in [9.17, 15) is 22.8 Å². The zero-order chi connectivity index (χ0) is 24.1. The lowest BCUT2D eigenvalue weighted by atomic mass is 10.0. The molecule has 3 aromatic rings. The monoisotopic (exact) mass is 489 g/mol. The van der Waals surface area contributed by atoms with Crippen LogP contribution in [0.15, 0.2) is 60.0 Å². The SMILES string of the molecule is O=C(NCc1ccc(N2CCOCC2)cc1C(F)(F)F)c1cccc(NC(=O)c2cccs2)c1. The lowest BCUT2D eigenvalue weighted by molar-refractivity contribution is -0.138. The third kappa shape index (κ3) is 5.75. The maximum absolute atomic E-state index is 13.7. The fraction of sp³-hybridized carbons (Fsp3) is 0.250. The Labute approximate surface area is 198 Å². The Bertz CT molecular complexity index is 1160. The van der Waals surface area contributed by atoms with E-state index in [1.807, 2.05) is 4.90 Å². The number of hydrogen-bond donors (Lipinski definition) is 2. The van der Waals surface area contributed by atoms with Crippen molar-refractivity contribution in [3.8, 4) is 0 Å². The van der Waals surface area contributed by atoms with Crippen molar-refractivity contribution >= 4 is 34.5 Å². The molecule has 2 aromatic carbocycles. The summed E-state index contributed by atoms with van der Waals surface area (Å²) in [5.41, 5.74) is 0.299. The van der Waals surface area contributed by atoms with Crippen LogP contribution in [-0.2, 0) is 17.5 Å². The van der Waals surface area contributed by atoms with E-state index in [-0.39, 0.29) is 23.6 Å². The maximum Gasteiger partial charge on any atom is 0.416 e. The van der Waals surface area contributed by atoms with Crippen molar-refractivity contribution in [2.24, 2.45) is 0 Å². The predicted molar refractivity (Wildman–Crippen MR) is 124 cm³/mol. The number of morpholine rings is 1. The van der Waals surface area contributed by atoms with E-state index in [2.05, 4.69) is 10.6 Å². The summed E-state index contributed by atoms with van der Waals surface area (Å²) in [4.78, 5) is 27.2. The van der Waals surface area contributed by atoms with Crippen LogP contribution in [0.25, 0.3) is 0 Å². The Morgan fingerprint density at radius 1 is 1.00 bits per heavy atom. The van der Waals surface area contributed by atoms with E-state index in [0.717, 1.165) is 6.07 Å². The third-order valence-corrected chi connectivity index (χ3v) is 6.21. The van der Waals surface area contributed by atoms with Crippen LogP contribution in [0.3, 0.4) is 0 Å². The van der Waals surface area contributed by atoms with Gasteiger partial charge in [0.2, 0.25) is 0 Å². The topological polar surface area (TPSA) is 70.7 Å². The molecule has 0 radical (unpaired) electrons. The number of nitrogens with zero attached hydrogens (tertiary/aromatic N) is 1. The molecular formula is C24H22F3N3O3S. The molecule has 10 heteroatoms. The average Bonchev–Trinajstić information content (AvgIpc) is 3.38. The smallest absolute Gasteiger partial charge is 0.378 e. The summed E-state index contributed by atoms with van der Waals surface area (Å²) in [6, 6.07) is 13.8. The van der Waals surface area contributed by atoms with E-state index in [1.54, 1.807) is 35.7 Å². The lowest BCUT2D eigenvalue weighted by Gasteiger charge is -2.29. The van der Waals surface area contributed by atoms with Gasteiger partial charge in [0.1, 0.15) is 0 Å². The molecule has 1 aliphatic rings. The second-order valence-electron chi connectivity index (χ2n) is 7.63. The van der Waals surface area contributed by atoms with Gasteiger partial charge in [0.25, 0.3) is 11.8 Å². The summed E-state index contributed by atoms with van der Waals surface area (Å²) in [6.45, 7) is 1.68. The molecule has 1 aliphatic heterocycles. The summed E-state index contributed by atoms with van der Waals surface area (Å²) in [6.07, 6.45) is -4.56. The van der Waals surface area contributed by atoms with Gasteiger partial charge in [0.05, 0.1) is 23.7 Å². The molecule has 4 rings (SSSR count). The first kappa shape index (κ1) is 23.8. The molecule has 2 N–H and O–H groups in total. The van der Waals surface area contributed by atoms with Gasteiger partial charge >= 0.3 is 6.18 Å². The number of hydrogen-bond acceptors (Lipinski definition) is 5. The molecule has 0 spiro atoms. The van der Waals surface area contributed by atoms with Gasteiger partial charge in [-0.2, -0.15) is 13.2 Å². The summed E-state index contributed by atoms with van der Waals surface area (Å²) >= 11 is 1.29. The van der Waals surface area contributed by atoms with Gasteiger partial charge in [-0.05, 0) is 47.3 Å². The molecule has 1 aromatic heterocycles. The number of amides is 2. The molecule has 34 heavy (non-hydrogen) atoms. The molecule has 0 unspecified atom stereocenters. The van der Waals surface area contributed by atoms with Crippen LogP contribution >= 0.6 is 11.3 Å². The number of rotatable bonds is 6. The summed E-state index contributed by atoms with van der Waals surface area (Å²) in [5.74, 6) is -0.847.